The lowest BCUT2D eigenvalue weighted by Crippen LogP contribution is -3.14. The van der Waals surface area contributed by atoms with Crippen LogP contribution < -0.4 is 15.8 Å². The third-order valence-corrected chi connectivity index (χ3v) is 4.17. The van der Waals surface area contributed by atoms with Crippen LogP contribution in [0.2, 0.25) is 5.02 Å². The van der Waals surface area contributed by atoms with Crippen LogP contribution >= 0.6 is 11.6 Å². The van der Waals surface area contributed by atoms with E-state index in [1.165, 1.54) is 6.07 Å². The van der Waals surface area contributed by atoms with E-state index in [1.807, 2.05) is 13.0 Å². The van der Waals surface area contributed by atoms with E-state index in [4.69, 9.17) is 16.0 Å². The number of quaternary nitrogens is 1. The molecule has 2 aromatic rings. The number of amides is 1. The summed E-state index contributed by atoms with van der Waals surface area (Å²) in [4.78, 5) is 24.3. The van der Waals surface area contributed by atoms with Crippen molar-refractivity contribution >= 4 is 28.5 Å². The maximum Gasteiger partial charge on any atom is 0.336 e. The van der Waals surface area contributed by atoms with Gasteiger partial charge in [0, 0.05) is 22.0 Å². The standard InChI is InChI=1S/C15H15ClN2O3/c1-9-4-13-11(6-12(9)16)10(5-15(20)21-13)7-18-3-2-17-14(19)8-18/h4-6H,2-3,7-8H2,1H3,(H,17,19)/p+1. The molecule has 0 saturated carbocycles. The van der Waals surface area contributed by atoms with Gasteiger partial charge in [0.15, 0.2) is 6.54 Å². The molecule has 3 rings (SSSR count). The van der Waals surface area contributed by atoms with Crippen molar-refractivity contribution < 1.29 is 14.1 Å². The second-order valence-corrected chi connectivity index (χ2v) is 5.80. The van der Waals surface area contributed by atoms with Crippen LogP contribution in [0.3, 0.4) is 0 Å². The van der Waals surface area contributed by atoms with Gasteiger partial charge in [0.25, 0.3) is 5.91 Å². The highest BCUT2D eigenvalue weighted by Gasteiger charge is 2.21. The quantitative estimate of drug-likeness (QED) is 0.783. The van der Waals surface area contributed by atoms with E-state index in [2.05, 4.69) is 5.32 Å². The average molecular weight is 308 g/mol. The molecule has 1 aromatic carbocycles. The number of piperazine rings is 1. The second kappa shape index (κ2) is 5.50. The second-order valence-electron chi connectivity index (χ2n) is 5.39. The lowest BCUT2D eigenvalue weighted by atomic mass is 10.1. The Hall–Kier alpha value is -1.85. The number of benzene rings is 1. The summed E-state index contributed by atoms with van der Waals surface area (Å²) < 4.78 is 5.25. The van der Waals surface area contributed by atoms with E-state index in [1.54, 1.807) is 6.07 Å². The number of halogens is 1. The van der Waals surface area contributed by atoms with Gasteiger partial charge in [0.2, 0.25) is 0 Å². The molecule has 2 N–H and O–H groups in total. The minimum atomic E-state index is -0.375. The molecule has 1 aliphatic heterocycles. The van der Waals surface area contributed by atoms with Gasteiger partial charge in [-0.25, -0.2) is 4.79 Å². The van der Waals surface area contributed by atoms with E-state index >= 15 is 0 Å². The molecule has 1 aliphatic rings. The van der Waals surface area contributed by atoms with E-state index in [9.17, 15) is 9.59 Å². The fraction of sp³-hybridized carbons (Fsp3) is 0.333. The molecule has 0 aliphatic carbocycles. The average Bonchev–Trinajstić information content (AvgIpc) is 2.41. The van der Waals surface area contributed by atoms with Gasteiger partial charge in [-0.15, -0.1) is 0 Å². The van der Waals surface area contributed by atoms with Gasteiger partial charge in [-0.1, -0.05) is 11.6 Å². The molecule has 1 saturated heterocycles. The summed E-state index contributed by atoms with van der Waals surface area (Å²) in [5.41, 5.74) is 1.90. The molecule has 0 spiro atoms. The van der Waals surface area contributed by atoms with Crippen molar-refractivity contribution in [1.82, 2.24) is 5.32 Å². The van der Waals surface area contributed by atoms with Crippen molar-refractivity contribution in [3.8, 4) is 0 Å². The van der Waals surface area contributed by atoms with Gasteiger partial charge in [-0.2, -0.15) is 0 Å². The SMILES string of the molecule is Cc1cc2oc(=O)cc(C[NH+]3CCNC(=O)C3)c2cc1Cl. The van der Waals surface area contributed by atoms with Crippen LogP contribution in [-0.4, -0.2) is 25.5 Å². The maximum absolute atomic E-state index is 11.7. The molecule has 1 amide bonds. The fourth-order valence-corrected chi connectivity index (χ4v) is 2.84. The van der Waals surface area contributed by atoms with Crippen LogP contribution in [0.1, 0.15) is 11.1 Å². The third-order valence-electron chi connectivity index (χ3n) is 3.76. The topological polar surface area (TPSA) is 63.8 Å². The lowest BCUT2D eigenvalue weighted by molar-refractivity contribution is -0.907. The number of hydrogen-bond acceptors (Lipinski definition) is 3. The third kappa shape index (κ3) is 2.94. The van der Waals surface area contributed by atoms with E-state index in [0.717, 1.165) is 28.0 Å². The van der Waals surface area contributed by atoms with Gasteiger partial charge in [0.1, 0.15) is 12.1 Å². The van der Waals surface area contributed by atoms with E-state index in [0.29, 0.717) is 30.2 Å². The maximum atomic E-state index is 11.7. The normalized spacial score (nSPS) is 18.8. The van der Waals surface area contributed by atoms with Crippen LogP contribution in [0.15, 0.2) is 27.4 Å². The van der Waals surface area contributed by atoms with Gasteiger partial charge in [-0.05, 0) is 24.6 Å². The number of aryl methyl sites for hydroxylation is 1. The van der Waals surface area contributed by atoms with Gasteiger partial charge >= 0.3 is 5.63 Å². The summed E-state index contributed by atoms with van der Waals surface area (Å²) in [5.74, 6) is 0.0393. The predicted octanol–water partition coefficient (Wildman–Crippen LogP) is 0.270. The molecule has 1 unspecified atom stereocenters. The molecule has 0 bridgehead atoms. The minimum Gasteiger partial charge on any atom is -0.423 e. The zero-order valence-corrected chi connectivity index (χ0v) is 12.4. The highest BCUT2D eigenvalue weighted by Crippen LogP contribution is 2.24. The lowest BCUT2D eigenvalue weighted by Gasteiger charge is -2.23. The Bertz CT molecular complexity index is 769. The first kappa shape index (κ1) is 14.1. The summed E-state index contributed by atoms with van der Waals surface area (Å²) in [7, 11) is 0. The van der Waals surface area contributed by atoms with Crippen LogP contribution in [0.25, 0.3) is 11.0 Å². The highest BCUT2D eigenvalue weighted by atomic mass is 35.5. The monoisotopic (exact) mass is 307 g/mol. The van der Waals surface area contributed by atoms with Gasteiger partial charge < -0.3 is 14.6 Å². The Morgan fingerprint density at radius 3 is 2.90 bits per heavy atom. The van der Waals surface area contributed by atoms with Gasteiger partial charge in [-0.3, -0.25) is 4.79 Å². The van der Waals surface area contributed by atoms with Crippen molar-refractivity contribution in [3.63, 3.8) is 0 Å². The molecule has 1 aromatic heterocycles. The zero-order valence-electron chi connectivity index (χ0n) is 11.7. The molecule has 110 valence electrons. The van der Waals surface area contributed by atoms with Crippen LogP contribution in [-0.2, 0) is 11.3 Å². The van der Waals surface area contributed by atoms with Crippen LogP contribution in [0.5, 0.6) is 0 Å². The van der Waals surface area contributed by atoms with Gasteiger partial charge in [0.05, 0.1) is 13.1 Å². The summed E-state index contributed by atoms with van der Waals surface area (Å²) in [6, 6.07) is 5.10. The Morgan fingerprint density at radius 2 is 2.14 bits per heavy atom. The summed E-state index contributed by atoms with van der Waals surface area (Å²) in [6.45, 7) is 4.39. The Morgan fingerprint density at radius 1 is 1.33 bits per heavy atom. The van der Waals surface area contributed by atoms with Crippen molar-refractivity contribution in [2.45, 2.75) is 13.5 Å². The van der Waals surface area contributed by atoms with Crippen molar-refractivity contribution in [3.05, 3.63) is 44.8 Å². The summed E-state index contributed by atoms with van der Waals surface area (Å²) in [5, 5.41) is 4.28. The molecular weight excluding hydrogens is 292 g/mol. The Kier molecular flexibility index (Phi) is 3.69. The Labute approximate surface area is 126 Å². The molecule has 5 nitrogen and oxygen atoms in total. The summed E-state index contributed by atoms with van der Waals surface area (Å²) in [6.07, 6.45) is 0. The fourth-order valence-electron chi connectivity index (χ4n) is 2.67. The first-order chi connectivity index (χ1) is 10.0. The van der Waals surface area contributed by atoms with Crippen LogP contribution in [0, 0.1) is 6.92 Å². The zero-order chi connectivity index (χ0) is 15.0. The molecule has 1 fully saturated rings. The minimum absolute atomic E-state index is 0.0393. The smallest absolute Gasteiger partial charge is 0.336 e. The number of hydrogen-bond donors (Lipinski definition) is 2. The highest BCUT2D eigenvalue weighted by molar-refractivity contribution is 6.32. The van der Waals surface area contributed by atoms with Crippen molar-refractivity contribution in [2.24, 2.45) is 0 Å². The first-order valence-electron chi connectivity index (χ1n) is 6.86. The van der Waals surface area contributed by atoms with E-state index < -0.39 is 0 Å². The number of nitrogens with one attached hydrogen (secondary N) is 2. The van der Waals surface area contributed by atoms with Crippen LogP contribution in [0.4, 0.5) is 0 Å². The molecule has 0 radical (unpaired) electrons. The molecule has 21 heavy (non-hydrogen) atoms. The summed E-state index contributed by atoms with van der Waals surface area (Å²) >= 11 is 6.17. The molecule has 6 heteroatoms. The molecule has 1 atom stereocenters. The van der Waals surface area contributed by atoms with Crippen molar-refractivity contribution in [1.29, 1.82) is 0 Å². The Balaban J connectivity index is 2.02. The molecule has 2 heterocycles. The number of carbonyl (C=O) groups is 1. The number of rotatable bonds is 2. The number of carbonyl (C=O) groups excluding carboxylic acids is 1. The van der Waals surface area contributed by atoms with Crippen molar-refractivity contribution in [2.75, 3.05) is 19.6 Å². The van der Waals surface area contributed by atoms with E-state index in [-0.39, 0.29) is 11.5 Å². The largest absolute Gasteiger partial charge is 0.423 e. The molecular formula is C15H16ClN2O3+. The predicted molar refractivity (Wildman–Crippen MR) is 79.6 cm³/mol. The first-order valence-corrected chi connectivity index (χ1v) is 7.24. The number of fused-ring (bicyclic) bond motifs is 1.